The number of rotatable bonds is 3. The van der Waals surface area contributed by atoms with Crippen LogP contribution in [0.15, 0.2) is 42.6 Å². The summed E-state index contributed by atoms with van der Waals surface area (Å²) in [5, 5.41) is 7.63. The molecule has 3 rings (SSSR count). The predicted molar refractivity (Wildman–Crippen MR) is 76.2 cm³/mol. The summed E-state index contributed by atoms with van der Waals surface area (Å²) in [7, 11) is 0. The molecule has 19 heavy (non-hydrogen) atoms. The van der Waals surface area contributed by atoms with Gasteiger partial charge in [-0.05, 0) is 37.1 Å². The van der Waals surface area contributed by atoms with Crippen molar-refractivity contribution in [2.75, 3.05) is 5.32 Å². The number of pyridine rings is 1. The molecule has 0 aliphatic heterocycles. The minimum atomic E-state index is 0.658. The van der Waals surface area contributed by atoms with E-state index in [0.717, 1.165) is 12.2 Å². The summed E-state index contributed by atoms with van der Waals surface area (Å²) in [6.07, 6.45) is 1.93. The van der Waals surface area contributed by atoms with Crippen molar-refractivity contribution >= 4 is 11.6 Å². The largest absolute Gasteiger partial charge is 0.349 e. The van der Waals surface area contributed by atoms with E-state index in [0.29, 0.717) is 5.95 Å². The van der Waals surface area contributed by atoms with Crippen LogP contribution in [0.4, 0.5) is 5.95 Å². The van der Waals surface area contributed by atoms with Crippen molar-refractivity contribution in [1.29, 1.82) is 0 Å². The maximum Gasteiger partial charge on any atom is 0.243 e. The first-order chi connectivity index (χ1) is 9.20. The van der Waals surface area contributed by atoms with E-state index in [-0.39, 0.29) is 0 Å². The normalized spacial score (nSPS) is 10.8. The number of hydrogen-bond acceptors (Lipinski definition) is 3. The van der Waals surface area contributed by atoms with Crippen LogP contribution in [-0.4, -0.2) is 14.6 Å². The Labute approximate surface area is 112 Å². The molecular formula is C15H16N4. The Balaban J connectivity index is 1.76. The molecule has 0 aliphatic carbocycles. The highest BCUT2D eigenvalue weighted by Gasteiger charge is 2.02. The van der Waals surface area contributed by atoms with Crippen molar-refractivity contribution in [3.63, 3.8) is 0 Å². The van der Waals surface area contributed by atoms with E-state index in [1.165, 1.54) is 16.7 Å². The van der Waals surface area contributed by atoms with Gasteiger partial charge in [0.2, 0.25) is 5.95 Å². The molecule has 0 aliphatic rings. The molecule has 2 heterocycles. The van der Waals surface area contributed by atoms with Crippen molar-refractivity contribution in [3.05, 3.63) is 59.3 Å². The van der Waals surface area contributed by atoms with Gasteiger partial charge >= 0.3 is 0 Å². The smallest absolute Gasteiger partial charge is 0.243 e. The minimum Gasteiger partial charge on any atom is -0.349 e. The van der Waals surface area contributed by atoms with Crippen LogP contribution in [0.2, 0.25) is 0 Å². The Hall–Kier alpha value is -2.36. The molecule has 96 valence electrons. The summed E-state index contributed by atoms with van der Waals surface area (Å²) in [4.78, 5) is 4.45. The van der Waals surface area contributed by atoms with E-state index in [1.54, 1.807) is 4.52 Å². The number of nitrogens with zero attached hydrogens (tertiary/aromatic N) is 3. The summed E-state index contributed by atoms with van der Waals surface area (Å²) >= 11 is 0. The number of nitrogens with one attached hydrogen (secondary N) is 1. The Kier molecular flexibility index (Phi) is 2.91. The van der Waals surface area contributed by atoms with E-state index >= 15 is 0 Å². The fourth-order valence-electron chi connectivity index (χ4n) is 1.95. The molecule has 0 saturated heterocycles. The Morgan fingerprint density at radius 3 is 2.63 bits per heavy atom. The second-order valence-electron chi connectivity index (χ2n) is 4.78. The molecule has 0 saturated carbocycles. The van der Waals surface area contributed by atoms with Gasteiger partial charge in [-0.2, -0.15) is 4.98 Å². The van der Waals surface area contributed by atoms with Crippen LogP contribution in [0.3, 0.4) is 0 Å². The van der Waals surface area contributed by atoms with Gasteiger partial charge in [-0.25, -0.2) is 4.52 Å². The average molecular weight is 252 g/mol. The maximum atomic E-state index is 4.45. The fraction of sp³-hybridized carbons (Fsp3) is 0.200. The second-order valence-corrected chi connectivity index (χ2v) is 4.78. The van der Waals surface area contributed by atoms with Gasteiger partial charge in [0, 0.05) is 12.7 Å². The van der Waals surface area contributed by atoms with Crippen LogP contribution < -0.4 is 5.32 Å². The van der Waals surface area contributed by atoms with Crippen molar-refractivity contribution < 1.29 is 0 Å². The highest BCUT2D eigenvalue weighted by atomic mass is 15.3. The van der Waals surface area contributed by atoms with Crippen molar-refractivity contribution in [3.8, 4) is 0 Å². The van der Waals surface area contributed by atoms with Crippen LogP contribution in [0.25, 0.3) is 5.65 Å². The van der Waals surface area contributed by atoms with E-state index in [2.05, 4.69) is 46.6 Å². The number of hydrogen-bond donors (Lipinski definition) is 1. The first-order valence-electron chi connectivity index (χ1n) is 6.33. The molecule has 0 bridgehead atoms. The Bertz CT molecular complexity index is 698. The molecule has 1 aromatic carbocycles. The van der Waals surface area contributed by atoms with Crippen LogP contribution >= 0.6 is 0 Å². The average Bonchev–Trinajstić information content (AvgIpc) is 2.80. The van der Waals surface area contributed by atoms with E-state index < -0.39 is 0 Å². The molecule has 2 aromatic heterocycles. The van der Waals surface area contributed by atoms with Gasteiger partial charge in [0.05, 0.1) is 0 Å². The van der Waals surface area contributed by atoms with E-state index in [1.807, 2.05) is 25.3 Å². The van der Waals surface area contributed by atoms with E-state index in [9.17, 15) is 0 Å². The zero-order chi connectivity index (χ0) is 13.2. The molecule has 4 nitrogen and oxygen atoms in total. The minimum absolute atomic E-state index is 0.658. The third-order valence-corrected chi connectivity index (χ3v) is 3.06. The maximum absolute atomic E-state index is 4.45. The predicted octanol–water partition coefficient (Wildman–Crippen LogP) is 2.96. The molecule has 0 unspecified atom stereocenters. The summed E-state index contributed by atoms with van der Waals surface area (Å²) in [6, 6.07) is 12.5. The van der Waals surface area contributed by atoms with Crippen molar-refractivity contribution in [2.24, 2.45) is 0 Å². The lowest BCUT2D eigenvalue weighted by Gasteiger charge is -2.02. The molecule has 1 N–H and O–H groups in total. The summed E-state index contributed by atoms with van der Waals surface area (Å²) in [5.41, 5.74) is 4.54. The topological polar surface area (TPSA) is 42.2 Å². The van der Waals surface area contributed by atoms with Gasteiger partial charge in [-0.1, -0.05) is 29.8 Å². The number of aryl methyl sites for hydroxylation is 2. The molecule has 3 aromatic rings. The number of aromatic nitrogens is 3. The summed E-state index contributed by atoms with van der Waals surface area (Å²) in [5.74, 6) is 0.658. The molecule has 0 amide bonds. The van der Waals surface area contributed by atoms with Gasteiger partial charge in [0.1, 0.15) is 0 Å². The van der Waals surface area contributed by atoms with Gasteiger partial charge < -0.3 is 5.32 Å². The van der Waals surface area contributed by atoms with Crippen LogP contribution in [-0.2, 0) is 6.54 Å². The van der Waals surface area contributed by atoms with Crippen LogP contribution in [0, 0.1) is 13.8 Å². The zero-order valence-electron chi connectivity index (χ0n) is 11.1. The number of benzene rings is 1. The van der Waals surface area contributed by atoms with Crippen LogP contribution in [0.5, 0.6) is 0 Å². The highest BCUT2D eigenvalue weighted by molar-refractivity contribution is 5.45. The van der Waals surface area contributed by atoms with Gasteiger partial charge in [0.15, 0.2) is 5.65 Å². The standard InChI is InChI=1S/C15H16N4/c1-11-3-5-13(6-4-11)10-16-15-17-14-9-12(2)7-8-19(14)18-15/h3-9H,10H2,1-2H3,(H,16,18). The zero-order valence-corrected chi connectivity index (χ0v) is 11.1. The lowest BCUT2D eigenvalue weighted by atomic mass is 10.1. The number of anilines is 1. The van der Waals surface area contributed by atoms with Gasteiger partial charge in [-0.15, -0.1) is 5.10 Å². The summed E-state index contributed by atoms with van der Waals surface area (Å²) in [6.45, 7) is 4.87. The highest BCUT2D eigenvalue weighted by Crippen LogP contribution is 2.09. The first-order valence-corrected chi connectivity index (χ1v) is 6.33. The third kappa shape index (κ3) is 2.57. The Morgan fingerprint density at radius 1 is 1.05 bits per heavy atom. The third-order valence-electron chi connectivity index (χ3n) is 3.06. The quantitative estimate of drug-likeness (QED) is 0.779. The molecule has 0 atom stereocenters. The SMILES string of the molecule is Cc1ccc(CNc2nc3cc(C)ccn3n2)cc1. The fourth-order valence-corrected chi connectivity index (χ4v) is 1.95. The monoisotopic (exact) mass is 252 g/mol. The molecular weight excluding hydrogens is 236 g/mol. The number of fused-ring (bicyclic) bond motifs is 1. The van der Waals surface area contributed by atoms with E-state index in [4.69, 9.17) is 0 Å². The molecule has 0 radical (unpaired) electrons. The second kappa shape index (κ2) is 4.72. The molecule has 0 spiro atoms. The van der Waals surface area contributed by atoms with Crippen molar-refractivity contribution in [2.45, 2.75) is 20.4 Å². The molecule has 4 heteroatoms. The lowest BCUT2D eigenvalue weighted by Crippen LogP contribution is -2.01. The lowest BCUT2D eigenvalue weighted by molar-refractivity contribution is 0.947. The molecule has 0 fully saturated rings. The first kappa shape index (κ1) is 11.7. The van der Waals surface area contributed by atoms with Gasteiger partial charge in [-0.3, -0.25) is 0 Å². The Morgan fingerprint density at radius 2 is 1.84 bits per heavy atom. The van der Waals surface area contributed by atoms with Gasteiger partial charge in [0.25, 0.3) is 0 Å². The van der Waals surface area contributed by atoms with Crippen LogP contribution in [0.1, 0.15) is 16.7 Å². The van der Waals surface area contributed by atoms with Crippen molar-refractivity contribution in [1.82, 2.24) is 14.6 Å². The summed E-state index contributed by atoms with van der Waals surface area (Å²) < 4.78 is 1.78.